The van der Waals surface area contributed by atoms with Gasteiger partial charge in [-0.15, -0.1) is 0 Å². The van der Waals surface area contributed by atoms with Crippen LogP contribution in [0.4, 0.5) is 13.2 Å². The van der Waals surface area contributed by atoms with Gasteiger partial charge < -0.3 is 5.11 Å². The molecule has 3 N–H and O–H groups in total. The fourth-order valence-electron chi connectivity index (χ4n) is 2.64. The summed E-state index contributed by atoms with van der Waals surface area (Å²) in [5, 5.41) is 11.8. The van der Waals surface area contributed by atoms with Crippen LogP contribution in [0.3, 0.4) is 0 Å². The molecular weight excluding hydrogens is 383 g/mol. The molecule has 6 nitrogen and oxygen atoms in total. The van der Waals surface area contributed by atoms with Gasteiger partial charge in [0, 0.05) is 23.7 Å². The van der Waals surface area contributed by atoms with E-state index in [-0.39, 0.29) is 11.3 Å². The maximum Gasteiger partial charge on any atom is 0.182 e. The van der Waals surface area contributed by atoms with Crippen molar-refractivity contribution in [2.45, 2.75) is 18.4 Å². The summed E-state index contributed by atoms with van der Waals surface area (Å²) in [5.41, 5.74) is -2.67. The van der Waals surface area contributed by atoms with Crippen LogP contribution < -0.4 is 5.84 Å². The van der Waals surface area contributed by atoms with Crippen LogP contribution in [0, 0.1) is 17.5 Å². The summed E-state index contributed by atoms with van der Waals surface area (Å²) in [4.78, 5) is 11.0. The lowest BCUT2D eigenvalue weighted by Crippen LogP contribution is -2.47. The Morgan fingerprint density at radius 2 is 2.11 bits per heavy atom. The monoisotopic (exact) mass is 399 g/mol. The SMILES string of the molecule is C=C/N=C\N(N)CC(O)(c1ccc(F)cc1F)C(C)c1ncnc(Cl)c1F. The van der Waals surface area contributed by atoms with Crippen LogP contribution in [-0.4, -0.2) is 33.0 Å². The number of halogens is 4. The van der Waals surface area contributed by atoms with Gasteiger partial charge in [-0.05, 0) is 6.07 Å². The van der Waals surface area contributed by atoms with Gasteiger partial charge in [-0.2, -0.15) is 0 Å². The van der Waals surface area contributed by atoms with E-state index < -0.39 is 40.7 Å². The maximum atomic E-state index is 14.4. The van der Waals surface area contributed by atoms with Crippen LogP contribution in [0.25, 0.3) is 0 Å². The number of rotatable bonds is 7. The van der Waals surface area contributed by atoms with Crippen molar-refractivity contribution in [1.82, 2.24) is 15.0 Å². The summed E-state index contributed by atoms with van der Waals surface area (Å²) in [7, 11) is 0. The number of benzene rings is 1. The van der Waals surface area contributed by atoms with Crippen LogP contribution in [0.1, 0.15) is 24.1 Å². The molecule has 0 amide bonds. The lowest BCUT2D eigenvalue weighted by atomic mass is 9.79. The zero-order valence-electron chi connectivity index (χ0n) is 14.3. The van der Waals surface area contributed by atoms with E-state index in [0.717, 1.165) is 29.8 Å². The number of hydrogen-bond acceptors (Lipinski definition) is 5. The molecule has 2 rings (SSSR count). The van der Waals surface area contributed by atoms with Gasteiger partial charge >= 0.3 is 0 Å². The average molecular weight is 400 g/mol. The van der Waals surface area contributed by atoms with Gasteiger partial charge in [-0.25, -0.2) is 34.0 Å². The first-order valence-electron chi connectivity index (χ1n) is 7.70. The summed E-state index contributed by atoms with van der Waals surface area (Å²) in [6, 6.07) is 2.63. The molecule has 1 aromatic carbocycles. The first-order valence-corrected chi connectivity index (χ1v) is 8.07. The molecule has 0 saturated heterocycles. The summed E-state index contributed by atoms with van der Waals surface area (Å²) in [6.45, 7) is 4.37. The van der Waals surface area contributed by atoms with E-state index in [4.69, 9.17) is 17.4 Å². The number of aliphatic hydroxyl groups is 1. The zero-order chi connectivity index (χ0) is 20.2. The van der Waals surface area contributed by atoms with E-state index in [0.29, 0.717) is 6.07 Å². The molecule has 0 aliphatic carbocycles. The third-order valence-corrected chi connectivity index (χ3v) is 4.31. The quantitative estimate of drug-likeness (QED) is 0.246. The van der Waals surface area contributed by atoms with E-state index in [1.165, 1.54) is 13.1 Å². The Bertz CT molecular complexity index is 866. The summed E-state index contributed by atoms with van der Waals surface area (Å²) >= 11 is 5.68. The molecule has 10 heteroatoms. The molecule has 2 atom stereocenters. The lowest BCUT2D eigenvalue weighted by molar-refractivity contribution is -0.0110. The van der Waals surface area contributed by atoms with Crippen molar-refractivity contribution in [2.24, 2.45) is 10.8 Å². The van der Waals surface area contributed by atoms with E-state index in [9.17, 15) is 18.3 Å². The molecule has 27 heavy (non-hydrogen) atoms. The van der Waals surface area contributed by atoms with Crippen molar-refractivity contribution in [2.75, 3.05) is 6.54 Å². The summed E-state index contributed by atoms with van der Waals surface area (Å²) < 4.78 is 42.2. The fraction of sp³-hybridized carbons (Fsp3) is 0.235. The van der Waals surface area contributed by atoms with Gasteiger partial charge in [0.25, 0.3) is 0 Å². The van der Waals surface area contributed by atoms with Crippen molar-refractivity contribution in [3.63, 3.8) is 0 Å². The summed E-state index contributed by atoms with van der Waals surface area (Å²) in [5.74, 6) is 1.81. The number of hydrogen-bond donors (Lipinski definition) is 2. The number of nitrogens with zero attached hydrogens (tertiary/aromatic N) is 4. The Kier molecular flexibility index (Phi) is 6.53. The molecule has 1 aromatic heterocycles. The standard InChI is InChI=1S/C17H17ClF3N5O/c1-3-23-9-26(22)7-17(27,12-5-4-11(19)6-13(12)20)10(2)15-14(21)16(18)25-8-24-15/h3-6,8-10,27H,1,7,22H2,2H3/b23-9-. The van der Waals surface area contributed by atoms with E-state index in [2.05, 4.69) is 21.5 Å². The second kappa shape index (κ2) is 8.47. The van der Waals surface area contributed by atoms with Crippen LogP contribution in [0.15, 0.2) is 42.3 Å². The predicted octanol–water partition coefficient (Wildman–Crippen LogP) is 2.89. The third kappa shape index (κ3) is 4.44. The van der Waals surface area contributed by atoms with Crippen LogP contribution in [0.5, 0.6) is 0 Å². The molecule has 2 unspecified atom stereocenters. The van der Waals surface area contributed by atoms with Crippen LogP contribution in [-0.2, 0) is 5.60 Å². The second-order valence-corrected chi connectivity index (χ2v) is 6.11. The minimum Gasteiger partial charge on any atom is -0.382 e. The summed E-state index contributed by atoms with van der Waals surface area (Å²) in [6.07, 6.45) is 3.35. The highest BCUT2D eigenvalue weighted by atomic mass is 35.5. The molecule has 0 aliphatic rings. The second-order valence-electron chi connectivity index (χ2n) is 5.75. The van der Waals surface area contributed by atoms with Crippen molar-refractivity contribution in [1.29, 1.82) is 0 Å². The molecule has 0 radical (unpaired) electrons. The first-order chi connectivity index (χ1) is 12.7. The highest BCUT2D eigenvalue weighted by Gasteiger charge is 2.42. The first kappa shape index (κ1) is 20.8. The normalized spacial score (nSPS) is 14.8. The smallest absolute Gasteiger partial charge is 0.182 e. The van der Waals surface area contributed by atoms with E-state index in [1.807, 2.05) is 0 Å². The topological polar surface area (TPSA) is 87.6 Å². The Balaban J connectivity index is 2.59. The minimum absolute atomic E-state index is 0.254. The molecule has 0 bridgehead atoms. The third-order valence-electron chi connectivity index (χ3n) is 4.04. The number of nitrogens with two attached hydrogens (primary N) is 1. The van der Waals surface area contributed by atoms with Gasteiger partial charge in [0.2, 0.25) is 0 Å². The molecule has 1 heterocycles. The molecular formula is C17H17ClF3N5O. The van der Waals surface area contributed by atoms with Gasteiger partial charge in [0.05, 0.1) is 12.2 Å². The number of hydrazine groups is 1. The van der Waals surface area contributed by atoms with Gasteiger partial charge in [-0.3, -0.25) is 5.01 Å². The highest BCUT2D eigenvalue weighted by molar-refractivity contribution is 6.29. The molecule has 0 aliphatic heterocycles. The molecule has 0 spiro atoms. The Hall–Kier alpha value is -2.49. The molecule has 0 fully saturated rings. The lowest BCUT2D eigenvalue weighted by Gasteiger charge is -2.37. The van der Waals surface area contributed by atoms with Crippen LogP contribution >= 0.6 is 11.6 Å². The molecule has 0 saturated carbocycles. The number of aromatic nitrogens is 2. The van der Waals surface area contributed by atoms with Crippen molar-refractivity contribution in [3.8, 4) is 0 Å². The van der Waals surface area contributed by atoms with Crippen molar-refractivity contribution >= 4 is 17.9 Å². The predicted molar refractivity (Wildman–Crippen MR) is 95.3 cm³/mol. The van der Waals surface area contributed by atoms with Gasteiger partial charge in [-0.1, -0.05) is 31.2 Å². The Labute approximate surface area is 158 Å². The largest absolute Gasteiger partial charge is 0.382 e. The fourth-order valence-corrected chi connectivity index (χ4v) is 2.78. The molecule has 144 valence electrons. The minimum atomic E-state index is -2.11. The van der Waals surface area contributed by atoms with Crippen molar-refractivity contribution in [3.05, 3.63) is 71.2 Å². The Morgan fingerprint density at radius 3 is 2.74 bits per heavy atom. The average Bonchev–Trinajstić information content (AvgIpc) is 2.61. The number of aliphatic imine (C=N–C) groups is 1. The van der Waals surface area contributed by atoms with E-state index in [1.54, 1.807) is 0 Å². The zero-order valence-corrected chi connectivity index (χ0v) is 15.0. The van der Waals surface area contributed by atoms with Gasteiger partial charge in [0.1, 0.15) is 29.9 Å². The van der Waals surface area contributed by atoms with Gasteiger partial charge in [0.15, 0.2) is 11.0 Å². The highest BCUT2D eigenvalue weighted by Crippen LogP contribution is 2.39. The Morgan fingerprint density at radius 1 is 1.41 bits per heavy atom. The van der Waals surface area contributed by atoms with E-state index >= 15 is 0 Å². The van der Waals surface area contributed by atoms with Crippen LogP contribution in [0.2, 0.25) is 5.15 Å². The maximum absolute atomic E-state index is 14.4. The van der Waals surface area contributed by atoms with Crippen molar-refractivity contribution < 1.29 is 18.3 Å². The molecule has 2 aromatic rings.